The van der Waals surface area contributed by atoms with Crippen LogP contribution >= 0.6 is 0 Å². The molecule has 4 heteroatoms. The number of carbonyl (C=O) groups excluding carboxylic acids is 2. The van der Waals surface area contributed by atoms with Gasteiger partial charge in [0, 0.05) is 23.1 Å². The molecule has 1 aliphatic heterocycles. The zero-order valence-corrected chi connectivity index (χ0v) is 18.0. The van der Waals surface area contributed by atoms with Crippen LogP contribution in [0, 0.1) is 20.8 Å². The van der Waals surface area contributed by atoms with Gasteiger partial charge in [-0.15, -0.1) is 0 Å². The Labute approximate surface area is 181 Å². The van der Waals surface area contributed by atoms with Crippen LogP contribution in [0.1, 0.15) is 43.0 Å². The minimum atomic E-state index is -0.204. The van der Waals surface area contributed by atoms with Crippen molar-refractivity contribution >= 4 is 22.7 Å². The molecule has 4 aromatic rings. The topological polar surface area (TPSA) is 53.2 Å². The van der Waals surface area contributed by atoms with Crippen molar-refractivity contribution in [2.24, 2.45) is 0 Å². The van der Waals surface area contributed by atoms with Gasteiger partial charge in [-0.2, -0.15) is 0 Å². The van der Waals surface area contributed by atoms with Crippen LogP contribution in [0.3, 0.4) is 0 Å². The zero-order valence-electron chi connectivity index (χ0n) is 18.0. The third kappa shape index (κ3) is 3.15. The lowest BCUT2D eigenvalue weighted by molar-refractivity contribution is 0.0656. The Morgan fingerprint density at radius 2 is 1.45 bits per heavy atom. The number of nitrogens with one attached hydrogen (secondary N) is 1. The van der Waals surface area contributed by atoms with E-state index in [-0.39, 0.29) is 11.8 Å². The summed E-state index contributed by atoms with van der Waals surface area (Å²) in [7, 11) is 0. The summed E-state index contributed by atoms with van der Waals surface area (Å²) < 4.78 is 0. The first kappa shape index (κ1) is 19.3. The third-order valence-electron chi connectivity index (χ3n) is 6.12. The van der Waals surface area contributed by atoms with Crippen LogP contribution in [0.25, 0.3) is 22.2 Å². The van der Waals surface area contributed by atoms with Gasteiger partial charge in [-0.1, -0.05) is 47.5 Å². The van der Waals surface area contributed by atoms with Crippen LogP contribution in [0.15, 0.2) is 60.7 Å². The lowest BCUT2D eigenvalue weighted by atomic mass is 9.99. The van der Waals surface area contributed by atoms with Crippen LogP contribution in [0.5, 0.6) is 0 Å². The fourth-order valence-electron chi connectivity index (χ4n) is 4.71. The molecule has 1 aromatic heterocycles. The van der Waals surface area contributed by atoms with E-state index in [0.29, 0.717) is 24.1 Å². The number of carbonyl (C=O) groups is 2. The number of aromatic nitrogens is 1. The quantitative estimate of drug-likeness (QED) is 0.447. The molecule has 2 amide bonds. The number of hydrogen-bond acceptors (Lipinski definition) is 2. The van der Waals surface area contributed by atoms with Crippen molar-refractivity contribution < 1.29 is 9.59 Å². The molecule has 31 heavy (non-hydrogen) atoms. The van der Waals surface area contributed by atoms with Gasteiger partial charge in [-0.25, -0.2) is 0 Å². The number of H-pyrrole nitrogens is 1. The van der Waals surface area contributed by atoms with E-state index < -0.39 is 0 Å². The van der Waals surface area contributed by atoms with E-state index in [1.54, 1.807) is 24.3 Å². The minimum absolute atomic E-state index is 0.204. The molecule has 0 atom stereocenters. The number of aryl methyl sites for hydroxylation is 3. The molecule has 0 spiro atoms. The highest BCUT2D eigenvalue weighted by Crippen LogP contribution is 2.34. The molecule has 3 aromatic carbocycles. The number of imide groups is 1. The molecule has 1 aliphatic rings. The van der Waals surface area contributed by atoms with E-state index in [0.717, 1.165) is 27.7 Å². The summed E-state index contributed by atoms with van der Waals surface area (Å²) in [5, 5.41) is 1.14. The fourth-order valence-corrected chi connectivity index (χ4v) is 4.71. The van der Waals surface area contributed by atoms with Gasteiger partial charge in [0.2, 0.25) is 0 Å². The largest absolute Gasteiger partial charge is 0.354 e. The molecule has 0 fully saturated rings. The average Bonchev–Trinajstić information content (AvgIpc) is 3.23. The summed E-state index contributed by atoms with van der Waals surface area (Å²) in [6.07, 6.45) is 0.594. The van der Waals surface area contributed by atoms with Gasteiger partial charge in [0.15, 0.2) is 0 Å². The molecule has 0 saturated carbocycles. The highest BCUT2D eigenvalue weighted by atomic mass is 16.2. The highest BCUT2D eigenvalue weighted by molar-refractivity contribution is 6.21. The smallest absolute Gasteiger partial charge is 0.261 e. The summed E-state index contributed by atoms with van der Waals surface area (Å²) in [4.78, 5) is 30.7. The number of hydrogen-bond donors (Lipinski definition) is 1. The lowest BCUT2D eigenvalue weighted by Crippen LogP contribution is -2.31. The van der Waals surface area contributed by atoms with E-state index in [1.807, 2.05) is 0 Å². The first-order valence-corrected chi connectivity index (χ1v) is 10.6. The molecule has 5 rings (SSSR count). The lowest BCUT2D eigenvalue weighted by Gasteiger charge is -2.15. The standard InChI is InChI=1S/C27H24N2O2/c1-16-13-17(2)15-19(14-16)25-21(20-10-6-7-18(3)24(20)28-25)11-12-29-26(30)22-8-4-5-9-23(22)27(29)31/h4-10,13-15,28H,11-12H2,1-3H3. The number of para-hydroxylation sites is 1. The van der Waals surface area contributed by atoms with Crippen LogP contribution in [-0.2, 0) is 6.42 Å². The SMILES string of the molecule is Cc1cc(C)cc(-c2[nH]c3c(C)cccc3c2CCN2C(=O)c3ccccc3C2=O)c1. The van der Waals surface area contributed by atoms with Crippen LogP contribution in [0.2, 0.25) is 0 Å². The first-order chi connectivity index (χ1) is 14.9. The Kier molecular flexibility index (Phi) is 4.51. The van der Waals surface area contributed by atoms with E-state index >= 15 is 0 Å². The molecular formula is C27H24N2O2. The molecule has 0 unspecified atom stereocenters. The maximum absolute atomic E-state index is 12.8. The van der Waals surface area contributed by atoms with E-state index in [2.05, 4.69) is 62.2 Å². The van der Waals surface area contributed by atoms with Gasteiger partial charge in [0.05, 0.1) is 11.1 Å². The minimum Gasteiger partial charge on any atom is -0.354 e. The number of nitrogens with zero attached hydrogens (tertiary/aromatic N) is 1. The third-order valence-corrected chi connectivity index (χ3v) is 6.12. The highest BCUT2D eigenvalue weighted by Gasteiger charge is 2.35. The van der Waals surface area contributed by atoms with Gasteiger partial charge < -0.3 is 4.98 Å². The maximum atomic E-state index is 12.8. The molecule has 0 saturated heterocycles. The zero-order chi connectivity index (χ0) is 21.7. The average molecular weight is 409 g/mol. The van der Waals surface area contributed by atoms with Gasteiger partial charge in [-0.05, 0) is 68.1 Å². The second-order valence-corrected chi connectivity index (χ2v) is 8.41. The van der Waals surface area contributed by atoms with Crippen molar-refractivity contribution in [3.05, 3.63) is 94.0 Å². The summed E-state index contributed by atoms with van der Waals surface area (Å²) in [6, 6.07) is 19.8. The van der Waals surface area contributed by atoms with Crippen molar-refractivity contribution in [2.45, 2.75) is 27.2 Å². The van der Waals surface area contributed by atoms with Crippen LogP contribution in [-0.4, -0.2) is 28.2 Å². The molecule has 1 N–H and O–H groups in total. The molecule has 2 heterocycles. The maximum Gasteiger partial charge on any atom is 0.261 e. The van der Waals surface area contributed by atoms with E-state index in [9.17, 15) is 9.59 Å². The number of fused-ring (bicyclic) bond motifs is 2. The molecule has 0 bridgehead atoms. The van der Waals surface area contributed by atoms with E-state index in [1.165, 1.54) is 21.6 Å². The second-order valence-electron chi connectivity index (χ2n) is 8.41. The molecule has 0 aliphatic carbocycles. The van der Waals surface area contributed by atoms with Crippen molar-refractivity contribution in [1.82, 2.24) is 9.88 Å². The molecular weight excluding hydrogens is 384 g/mol. The van der Waals surface area contributed by atoms with Crippen molar-refractivity contribution in [3.63, 3.8) is 0 Å². The molecule has 4 nitrogen and oxygen atoms in total. The number of aromatic amines is 1. The molecule has 154 valence electrons. The van der Waals surface area contributed by atoms with Crippen molar-refractivity contribution in [2.75, 3.05) is 6.54 Å². The van der Waals surface area contributed by atoms with Gasteiger partial charge in [0.1, 0.15) is 0 Å². The second kappa shape index (κ2) is 7.24. The fraction of sp³-hybridized carbons (Fsp3) is 0.185. The Morgan fingerprint density at radius 1 is 0.806 bits per heavy atom. The number of rotatable bonds is 4. The Bertz CT molecular complexity index is 1310. The van der Waals surface area contributed by atoms with E-state index in [4.69, 9.17) is 0 Å². The summed E-state index contributed by atoms with van der Waals surface area (Å²) >= 11 is 0. The first-order valence-electron chi connectivity index (χ1n) is 10.6. The normalized spacial score (nSPS) is 13.3. The van der Waals surface area contributed by atoms with Gasteiger partial charge in [-0.3, -0.25) is 14.5 Å². The van der Waals surface area contributed by atoms with Gasteiger partial charge in [0.25, 0.3) is 11.8 Å². The Balaban J connectivity index is 1.56. The summed E-state index contributed by atoms with van der Waals surface area (Å²) in [5.41, 5.74) is 9.02. The molecule has 0 radical (unpaired) electrons. The predicted octanol–water partition coefficient (Wildman–Crippen LogP) is 5.60. The number of amides is 2. The van der Waals surface area contributed by atoms with Gasteiger partial charge >= 0.3 is 0 Å². The Morgan fingerprint density at radius 3 is 2.10 bits per heavy atom. The number of benzene rings is 3. The monoisotopic (exact) mass is 408 g/mol. The Hall–Kier alpha value is -3.66. The van der Waals surface area contributed by atoms with Crippen molar-refractivity contribution in [3.8, 4) is 11.3 Å². The van der Waals surface area contributed by atoms with Crippen LogP contribution in [0.4, 0.5) is 0 Å². The van der Waals surface area contributed by atoms with Crippen molar-refractivity contribution in [1.29, 1.82) is 0 Å². The summed E-state index contributed by atoms with van der Waals surface area (Å²) in [5.74, 6) is -0.408. The van der Waals surface area contributed by atoms with Crippen LogP contribution < -0.4 is 0 Å². The summed E-state index contributed by atoms with van der Waals surface area (Å²) in [6.45, 7) is 6.65. The predicted molar refractivity (Wildman–Crippen MR) is 123 cm³/mol.